The Labute approximate surface area is 147 Å². The first-order chi connectivity index (χ1) is 12.2. The molecule has 124 valence electrons. The highest BCUT2D eigenvalue weighted by Crippen LogP contribution is 2.37. The summed E-state index contributed by atoms with van der Waals surface area (Å²) in [5.41, 5.74) is 4.99. The smallest absolute Gasteiger partial charge is 0.150 e. The molecule has 0 saturated carbocycles. The minimum absolute atomic E-state index is 0.0336. The van der Waals surface area contributed by atoms with Gasteiger partial charge in [-0.15, -0.1) is 0 Å². The van der Waals surface area contributed by atoms with E-state index in [1.54, 1.807) is 0 Å². The fourth-order valence-corrected chi connectivity index (χ4v) is 3.10. The maximum atomic E-state index is 13.4. The van der Waals surface area contributed by atoms with Crippen molar-refractivity contribution < 1.29 is 9.18 Å². The van der Waals surface area contributed by atoms with Crippen molar-refractivity contribution in [3.8, 4) is 0 Å². The number of allylic oxidation sites excluding steroid dienone is 2. The van der Waals surface area contributed by atoms with Crippen LogP contribution < -0.4 is 0 Å². The number of hydrogen-bond acceptors (Lipinski definition) is 1. The number of carbonyl (C=O) groups is 1. The van der Waals surface area contributed by atoms with Gasteiger partial charge >= 0.3 is 0 Å². The van der Waals surface area contributed by atoms with Crippen molar-refractivity contribution in [1.82, 2.24) is 0 Å². The van der Waals surface area contributed by atoms with E-state index in [-0.39, 0.29) is 11.7 Å². The zero-order chi connectivity index (χ0) is 17.6. The van der Waals surface area contributed by atoms with E-state index in [1.807, 2.05) is 61.5 Å². The molecule has 3 rings (SSSR count). The second-order valence-corrected chi connectivity index (χ2v) is 5.88. The molecule has 0 aliphatic carbocycles. The van der Waals surface area contributed by atoms with Gasteiger partial charge in [-0.05, 0) is 41.3 Å². The minimum atomic E-state index is -0.249. The van der Waals surface area contributed by atoms with E-state index in [1.165, 1.54) is 12.1 Å². The van der Waals surface area contributed by atoms with Crippen LogP contribution in [0.5, 0.6) is 0 Å². The van der Waals surface area contributed by atoms with Gasteiger partial charge < -0.3 is 0 Å². The van der Waals surface area contributed by atoms with Crippen molar-refractivity contribution >= 4 is 11.9 Å². The number of hydrogen-bond donors (Lipinski definition) is 0. The van der Waals surface area contributed by atoms with Gasteiger partial charge in [0.15, 0.2) is 0 Å². The molecule has 3 aromatic carbocycles. The highest BCUT2D eigenvalue weighted by molar-refractivity contribution is 5.77. The molecular weight excluding hydrogens is 311 g/mol. The van der Waals surface area contributed by atoms with E-state index < -0.39 is 0 Å². The lowest BCUT2D eigenvalue weighted by atomic mass is 9.81. The Hall–Kier alpha value is -3.00. The highest BCUT2D eigenvalue weighted by atomic mass is 19.1. The molecule has 1 nitrogen and oxygen atoms in total. The summed E-state index contributed by atoms with van der Waals surface area (Å²) >= 11 is 0. The molecule has 3 aromatic rings. The zero-order valence-electron chi connectivity index (χ0n) is 14.0. The number of halogens is 1. The van der Waals surface area contributed by atoms with Crippen LogP contribution in [0.4, 0.5) is 4.39 Å². The van der Waals surface area contributed by atoms with Crippen LogP contribution in [-0.2, 0) is 0 Å². The Morgan fingerprint density at radius 1 is 0.840 bits per heavy atom. The van der Waals surface area contributed by atoms with Crippen LogP contribution in [0.3, 0.4) is 0 Å². The molecule has 0 aromatic heterocycles. The van der Waals surface area contributed by atoms with E-state index in [0.717, 1.165) is 28.5 Å². The van der Waals surface area contributed by atoms with Crippen molar-refractivity contribution in [3.63, 3.8) is 0 Å². The van der Waals surface area contributed by atoms with Crippen LogP contribution in [0.1, 0.15) is 39.9 Å². The number of carbonyl (C=O) groups excluding carboxylic acids is 1. The number of aldehydes is 1. The van der Waals surface area contributed by atoms with Crippen molar-refractivity contribution in [3.05, 3.63) is 113 Å². The lowest BCUT2D eigenvalue weighted by molar-refractivity contribution is 0.112. The molecular formula is C23H19FO. The fourth-order valence-electron chi connectivity index (χ4n) is 3.10. The largest absolute Gasteiger partial charge is 0.298 e. The van der Waals surface area contributed by atoms with Gasteiger partial charge in [0.05, 0.1) is 0 Å². The van der Waals surface area contributed by atoms with Crippen LogP contribution in [-0.4, -0.2) is 6.29 Å². The fraction of sp³-hybridized carbons (Fsp3) is 0.0870. The third-order valence-electron chi connectivity index (χ3n) is 4.34. The standard InChI is InChI=1S/C23H19FO/c1-2-22(18-6-4-3-5-7-18)23(20-12-14-21(24)15-13-20)19-10-8-17(16-25)9-11-19/h2-16,23H,1H3/b22-2+. The molecule has 1 atom stereocenters. The molecule has 0 radical (unpaired) electrons. The van der Waals surface area contributed by atoms with Gasteiger partial charge in [-0.25, -0.2) is 4.39 Å². The summed E-state index contributed by atoms with van der Waals surface area (Å²) in [5, 5.41) is 0. The van der Waals surface area contributed by atoms with Crippen LogP contribution >= 0.6 is 0 Å². The van der Waals surface area contributed by atoms with E-state index in [4.69, 9.17) is 0 Å². The molecule has 0 aliphatic heterocycles. The highest BCUT2D eigenvalue weighted by Gasteiger charge is 2.20. The predicted molar refractivity (Wildman–Crippen MR) is 100 cm³/mol. The monoisotopic (exact) mass is 330 g/mol. The van der Waals surface area contributed by atoms with E-state index >= 15 is 0 Å². The first-order valence-electron chi connectivity index (χ1n) is 8.25. The van der Waals surface area contributed by atoms with E-state index in [9.17, 15) is 9.18 Å². The van der Waals surface area contributed by atoms with Crippen molar-refractivity contribution in [2.45, 2.75) is 12.8 Å². The van der Waals surface area contributed by atoms with Crippen LogP contribution in [0.15, 0.2) is 84.9 Å². The summed E-state index contributed by atoms with van der Waals surface area (Å²) in [6.45, 7) is 2.01. The van der Waals surface area contributed by atoms with Crippen molar-refractivity contribution in [2.75, 3.05) is 0 Å². The topological polar surface area (TPSA) is 17.1 Å². The third-order valence-corrected chi connectivity index (χ3v) is 4.34. The Balaban J connectivity index is 2.13. The summed E-state index contributed by atoms with van der Waals surface area (Å²) in [4.78, 5) is 11.0. The summed E-state index contributed by atoms with van der Waals surface area (Å²) in [7, 11) is 0. The van der Waals surface area contributed by atoms with Gasteiger partial charge in [-0.2, -0.15) is 0 Å². The maximum absolute atomic E-state index is 13.4. The summed E-state index contributed by atoms with van der Waals surface area (Å²) in [6.07, 6.45) is 2.93. The van der Waals surface area contributed by atoms with Gasteiger partial charge in [0.1, 0.15) is 12.1 Å². The average molecular weight is 330 g/mol. The molecule has 25 heavy (non-hydrogen) atoms. The summed E-state index contributed by atoms with van der Waals surface area (Å²) in [6, 6.07) is 24.3. The summed E-state index contributed by atoms with van der Waals surface area (Å²) in [5.74, 6) is -0.283. The molecule has 0 spiro atoms. The molecule has 0 N–H and O–H groups in total. The number of benzene rings is 3. The SMILES string of the molecule is C/C=C(\c1ccccc1)C(c1ccc(F)cc1)c1ccc(C=O)cc1. The second kappa shape index (κ2) is 7.71. The van der Waals surface area contributed by atoms with Gasteiger partial charge in [-0.1, -0.05) is 72.8 Å². The van der Waals surface area contributed by atoms with Crippen LogP contribution in [0.25, 0.3) is 5.57 Å². The van der Waals surface area contributed by atoms with Gasteiger partial charge in [0.25, 0.3) is 0 Å². The minimum Gasteiger partial charge on any atom is -0.298 e. The first kappa shape index (κ1) is 16.8. The molecule has 0 aliphatic rings. The Bertz CT molecular complexity index is 862. The Kier molecular flexibility index (Phi) is 5.20. The predicted octanol–water partition coefficient (Wildman–Crippen LogP) is 5.87. The van der Waals surface area contributed by atoms with Crippen molar-refractivity contribution in [1.29, 1.82) is 0 Å². The van der Waals surface area contributed by atoms with Gasteiger partial charge in [0, 0.05) is 11.5 Å². The molecule has 0 saturated heterocycles. The second-order valence-electron chi connectivity index (χ2n) is 5.88. The first-order valence-corrected chi connectivity index (χ1v) is 8.25. The Morgan fingerprint density at radius 3 is 1.92 bits per heavy atom. The lowest BCUT2D eigenvalue weighted by Gasteiger charge is -2.22. The molecule has 0 fully saturated rings. The quantitative estimate of drug-likeness (QED) is 0.534. The van der Waals surface area contributed by atoms with Crippen molar-refractivity contribution in [2.24, 2.45) is 0 Å². The molecule has 0 bridgehead atoms. The van der Waals surface area contributed by atoms with Gasteiger partial charge in [0.2, 0.25) is 0 Å². The third kappa shape index (κ3) is 3.74. The molecule has 0 heterocycles. The van der Waals surface area contributed by atoms with Gasteiger partial charge in [-0.3, -0.25) is 4.79 Å². The molecule has 2 heteroatoms. The maximum Gasteiger partial charge on any atom is 0.150 e. The van der Waals surface area contributed by atoms with Crippen LogP contribution in [0.2, 0.25) is 0 Å². The average Bonchev–Trinajstić information content (AvgIpc) is 2.68. The number of rotatable bonds is 5. The lowest BCUT2D eigenvalue weighted by Crippen LogP contribution is -2.05. The van der Waals surface area contributed by atoms with Crippen LogP contribution in [0, 0.1) is 5.82 Å². The normalized spacial score (nSPS) is 12.6. The zero-order valence-corrected chi connectivity index (χ0v) is 14.0. The molecule has 1 unspecified atom stereocenters. The summed E-state index contributed by atoms with van der Waals surface area (Å²) < 4.78 is 13.4. The van der Waals surface area contributed by atoms with E-state index in [2.05, 4.69) is 18.2 Å². The van der Waals surface area contributed by atoms with E-state index in [0.29, 0.717) is 5.56 Å². The molecule has 0 amide bonds. The Morgan fingerprint density at radius 2 is 1.40 bits per heavy atom.